The van der Waals surface area contributed by atoms with Crippen molar-refractivity contribution in [2.45, 2.75) is 19.8 Å². The summed E-state index contributed by atoms with van der Waals surface area (Å²) in [5, 5.41) is 11.2. The van der Waals surface area contributed by atoms with Crippen molar-refractivity contribution in [1.29, 1.82) is 0 Å². The Morgan fingerprint density at radius 3 is 2.79 bits per heavy atom. The van der Waals surface area contributed by atoms with Crippen molar-refractivity contribution < 1.29 is 9.18 Å². The fourth-order valence-electron chi connectivity index (χ4n) is 3.68. The quantitative estimate of drug-likeness (QED) is 0.674. The van der Waals surface area contributed by atoms with Gasteiger partial charge >= 0.3 is 0 Å². The number of aromatic nitrogens is 2. The first-order valence-electron chi connectivity index (χ1n) is 9.36. The number of aromatic amines is 1. The van der Waals surface area contributed by atoms with Gasteiger partial charge in [0.2, 0.25) is 5.91 Å². The number of nitrogens with zero attached hydrogens (tertiary/aromatic N) is 2. The summed E-state index contributed by atoms with van der Waals surface area (Å²) in [6, 6.07) is 8.78. The van der Waals surface area contributed by atoms with Crippen molar-refractivity contribution in [2.24, 2.45) is 5.92 Å². The molecule has 0 unspecified atom stereocenters. The van der Waals surface area contributed by atoms with Gasteiger partial charge in [0, 0.05) is 16.9 Å². The van der Waals surface area contributed by atoms with Crippen molar-refractivity contribution in [3.63, 3.8) is 0 Å². The molecule has 7 heteroatoms. The lowest BCUT2D eigenvalue weighted by molar-refractivity contribution is -0.121. The van der Waals surface area contributed by atoms with Crippen LogP contribution in [0.25, 0.3) is 22.0 Å². The average Bonchev–Trinajstić information content (AvgIpc) is 3.08. The number of amides is 1. The van der Waals surface area contributed by atoms with Crippen molar-refractivity contribution in [3.8, 4) is 11.1 Å². The standard InChI is InChI=1S/C21H22ClFN4O/c1-12-3-5-16(22)18(19(12)23)14-4-6-17-15(11-14)20(26-25-17)24-21(28)13-7-9-27(2)10-8-13/h3-6,11,13H,7-10H2,1-2H3,(H2,24,25,26,28). The summed E-state index contributed by atoms with van der Waals surface area (Å²) in [4.78, 5) is 14.9. The van der Waals surface area contributed by atoms with Crippen molar-refractivity contribution >= 4 is 34.2 Å². The Balaban J connectivity index is 1.66. The highest BCUT2D eigenvalue weighted by molar-refractivity contribution is 6.33. The molecule has 2 heterocycles. The minimum atomic E-state index is -0.341. The molecular formula is C21H22ClFN4O. The Labute approximate surface area is 167 Å². The van der Waals surface area contributed by atoms with Crippen LogP contribution in [0, 0.1) is 18.7 Å². The van der Waals surface area contributed by atoms with Crippen molar-refractivity contribution in [1.82, 2.24) is 15.1 Å². The molecule has 1 aliphatic heterocycles. The maximum absolute atomic E-state index is 14.7. The van der Waals surface area contributed by atoms with Gasteiger partial charge in [0.15, 0.2) is 5.82 Å². The summed E-state index contributed by atoms with van der Waals surface area (Å²) in [5.74, 6) is 0.0821. The van der Waals surface area contributed by atoms with Gasteiger partial charge in [-0.25, -0.2) is 4.39 Å². The molecule has 1 saturated heterocycles. The zero-order valence-electron chi connectivity index (χ0n) is 15.9. The van der Waals surface area contributed by atoms with Gasteiger partial charge in [0.1, 0.15) is 5.82 Å². The molecule has 0 bridgehead atoms. The van der Waals surface area contributed by atoms with E-state index < -0.39 is 0 Å². The smallest absolute Gasteiger partial charge is 0.228 e. The zero-order valence-corrected chi connectivity index (χ0v) is 16.6. The third-order valence-electron chi connectivity index (χ3n) is 5.47. The number of carbonyl (C=O) groups is 1. The van der Waals surface area contributed by atoms with E-state index in [1.165, 1.54) is 0 Å². The van der Waals surface area contributed by atoms with Gasteiger partial charge < -0.3 is 10.2 Å². The number of rotatable bonds is 3. The van der Waals surface area contributed by atoms with E-state index in [9.17, 15) is 9.18 Å². The number of benzene rings is 2. The number of fused-ring (bicyclic) bond motifs is 1. The second kappa shape index (κ2) is 7.53. The Morgan fingerprint density at radius 1 is 1.29 bits per heavy atom. The average molecular weight is 401 g/mol. The first kappa shape index (κ1) is 18.9. The highest BCUT2D eigenvalue weighted by atomic mass is 35.5. The lowest BCUT2D eigenvalue weighted by Crippen LogP contribution is -2.36. The number of anilines is 1. The number of nitrogens with one attached hydrogen (secondary N) is 2. The summed E-state index contributed by atoms with van der Waals surface area (Å²) in [7, 11) is 2.06. The molecule has 1 aliphatic rings. The first-order valence-corrected chi connectivity index (χ1v) is 9.74. The predicted octanol–water partition coefficient (Wildman–Crippen LogP) is 4.61. The topological polar surface area (TPSA) is 61.0 Å². The Hall–Kier alpha value is -2.44. The zero-order chi connectivity index (χ0) is 19.8. The number of likely N-dealkylation sites (tertiary alicyclic amines) is 1. The molecule has 146 valence electrons. The Bertz CT molecular complexity index is 1040. The summed E-state index contributed by atoms with van der Waals surface area (Å²) in [5.41, 5.74) is 2.31. The van der Waals surface area contributed by atoms with Gasteiger partial charge in [0.05, 0.1) is 10.5 Å². The maximum Gasteiger partial charge on any atom is 0.228 e. The summed E-state index contributed by atoms with van der Waals surface area (Å²) in [6.45, 7) is 3.53. The van der Waals surface area contributed by atoms with E-state index in [-0.39, 0.29) is 17.6 Å². The molecule has 2 aromatic carbocycles. The van der Waals surface area contributed by atoms with E-state index in [2.05, 4.69) is 27.5 Å². The Kier molecular flexibility index (Phi) is 5.08. The molecule has 1 aromatic heterocycles. The number of H-pyrrole nitrogens is 1. The number of halogens is 2. The molecule has 2 N–H and O–H groups in total. The molecule has 28 heavy (non-hydrogen) atoms. The fraction of sp³-hybridized carbons (Fsp3) is 0.333. The third kappa shape index (κ3) is 3.50. The number of hydrogen-bond donors (Lipinski definition) is 2. The lowest BCUT2D eigenvalue weighted by Gasteiger charge is -2.27. The van der Waals surface area contributed by atoms with Crippen LogP contribution in [-0.4, -0.2) is 41.1 Å². The predicted molar refractivity (Wildman–Crippen MR) is 110 cm³/mol. The van der Waals surface area contributed by atoms with Gasteiger partial charge in [-0.05, 0) is 69.2 Å². The highest BCUT2D eigenvalue weighted by Crippen LogP contribution is 2.35. The maximum atomic E-state index is 14.7. The van der Waals surface area contributed by atoms with Crippen LogP contribution in [0.15, 0.2) is 30.3 Å². The van der Waals surface area contributed by atoms with Crippen LogP contribution in [0.2, 0.25) is 5.02 Å². The molecule has 3 aromatic rings. The van der Waals surface area contributed by atoms with Gasteiger partial charge in [-0.15, -0.1) is 0 Å². The van der Waals surface area contributed by atoms with Crippen LogP contribution in [0.1, 0.15) is 18.4 Å². The van der Waals surface area contributed by atoms with Crippen LogP contribution < -0.4 is 5.32 Å². The molecule has 4 rings (SSSR count). The van der Waals surface area contributed by atoms with Crippen LogP contribution in [0.3, 0.4) is 0 Å². The van der Waals surface area contributed by atoms with Crippen LogP contribution in [-0.2, 0) is 4.79 Å². The van der Waals surface area contributed by atoms with Gasteiger partial charge in [0.25, 0.3) is 0 Å². The van der Waals surface area contributed by atoms with E-state index in [4.69, 9.17) is 11.6 Å². The third-order valence-corrected chi connectivity index (χ3v) is 5.78. The van der Waals surface area contributed by atoms with E-state index in [1.54, 1.807) is 25.1 Å². The second-order valence-electron chi connectivity index (χ2n) is 7.45. The molecule has 0 aliphatic carbocycles. The number of carbonyl (C=O) groups excluding carboxylic acids is 1. The fourth-order valence-corrected chi connectivity index (χ4v) is 3.93. The van der Waals surface area contributed by atoms with E-state index in [0.717, 1.165) is 36.8 Å². The van der Waals surface area contributed by atoms with E-state index in [1.807, 2.05) is 12.1 Å². The van der Waals surface area contributed by atoms with Crippen molar-refractivity contribution in [3.05, 3.63) is 46.7 Å². The number of piperidine rings is 1. The van der Waals surface area contributed by atoms with Gasteiger partial charge in [-0.1, -0.05) is 23.7 Å². The minimum Gasteiger partial charge on any atom is -0.308 e. The van der Waals surface area contributed by atoms with E-state index >= 15 is 0 Å². The van der Waals surface area contributed by atoms with Gasteiger partial charge in [-0.3, -0.25) is 9.89 Å². The molecule has 0 atom stereocenters. The molecule has 1 fully saturated rings. The van der Waals surface area contributed by atoms with Crippen LogP contribution in [0.5, 0.6) is 0 Å². The summed E-state index contributed by atoms with van der Waals surface area (Å²) in [6.07, 6.45) is 1.67. The van der Waals surface area contributed by atoms with E-state index in [0.29, 0.717) is 27.5 Å². The SMILES string of the molecule is Cc1ccc(Cl)c(-c2ccc3[nH]nc(NC(=O)C4CCN(C)CC4)c3c2)c1F. The monoisotopic (exact) mass is 400 g/mol. The molecule has 5 nitrogen and oxygen atoms in total. The van der Waals surface area contributed by atoms with Crippen LogP contribution >= 0.6 is 11.6 Å². The van der Waals surface area contributed by atoms with Crippen LogP contribution in [0.4, 0.5) is 10.2 Å². The first-order chi connectivity index (χ1) is 13.4. The largest absolute Gasteiger partial charge is 0.308 e. The molecule has 1 amide bonds. The normalized spacial score (nSPS) is 15.9. The molecule has 0 spiro atoms. The summed E-state index contributed by atoms with van der Waals surface area (Å²) >= 11 is 6.26. The second-order valence-corrected chi connectivity index (χ2v) is 7.86. The lowest BCUT2D eigenvalue weighted by atomic mass is 9.96. The van der Waals surface area contributed by atoms with Gasteiger partial charge in [-0.2, -0.15) is 5.10 Å². The highest BCUT2D eigenvalue weighted by Gasteiger charge is 2.24. The summed E-state index contributed by atoms with van der Waals surface area (Å²) < 4.78 is 14.7. The Morgan fingerprint density at radius 2 is 2.04 bits per heavy atom. The molecular weight excluding hydrogens is 379 g/mol. The number of hydrogen-bond acceptors (Lipinski definition) is 3. The number of aryl methyl sites for hydroxylation is 1. The van der Waals surface area contributed by atoms with Crippen molar-refractivity contribution in [2.75, 3.05) is 25.5 Å². The molecule has 0 saturated carbocycles. The minimum absolute atomic E-state index is 0.0187. The molecule has 0 radical (unpaired) electrons.